The fourth-order valence-electron chi connectivity index (χ4n) is 3.80. The minimum absolute atomic E-state index is 0.359. The van der Waals surface area contributed by atoms with Crippen molar-refractivity contribution in [3.63, 3.8) is 0 Å². The van der Waals surface area contributed by atoms with Crippen molar-refractivity contribution in [3.8, 4) is 5.75 Å². The quantitative estimate of drug-likeness (QED) is 0.753. The fourth-order valence-corrected chi connectivity index (χ4v) is 3.80. The molecule has 2 aromatic rings. The van der Waals surface area contributed by atoms with E-state index < -0.39 is 0 Å². The van der Waals surface area contributed by atoms with Crippen molar-refractivity contribution in [2.24, 2.45) is 0 Å². The van der Waals surface area contributed by atoms with E-state index in [1.54, 1.807) is 13.2 Å². The zero-order chi connectivity index (χ0) is 19.4. The fraction of sp³-hybridized carbons (Fsp3) is 0.364. The van der Waals surface area contributed by atoms with E-state index in [0.29, 0.717) is 17.5 Å². The van der Waals surface area contributed by atoms with Crippen LogP contribution in [0.4, 0.5) is 0 Å². The molecule has 0 spiro atoms. The molecule has 0 bridgehead atoms. The van der Waals surface area contributed by atoms with Gasteiger partial charge in [0, 0.05) is 0 Å². The van der Waals surface area contributed by atoms with Crippen LogP contribution in [-0.4, -0.2) is 33.3 Å². The number of methoxy groups -OCH3 is 3. The third-order valence-corrected chi connectivity index (χ3v) is 5.06. The van der Waals surface area contributed by atoms with Crippen LogP contribution < -0.4 is 4.74 Å². The van der Waals surface area contributed by atoms with Gasteiger partial charge in [-0.25, -0.2) is 9.59 Å². The van der Waals surface area contributed by atoms with Crippen molar-refractivity contribution < 1.29 is 23.8 Å². The molecule has 0 unspecified atom stereocenters. The lowest BCUT2D eigenvalue weighted by Gasteiger charge is -2.24. The summed E-state index contributed by atoms with van der Waals surface area (Å²) in [5.41, 5.74) is 4.75. The zero-order valence-electron chi connectivity index (χ0n) is 16.0. The summed E-state index contributed by atoms with van der Waals surface area (Å²) < 4.78 is 15.4. The molecule has 3 rings (SSSR count). The number of benzene rings is 2. The second kappa shape index (κ2) is 8.25. The Balaban J connectivity index is 2.17. The van der Waals surface area contributed by atoms with Crippen molar-refractivity contribution in [3.05, 3.63) is 63.7 Å². The van der Waals surface area contributed by atoms with Crippen LogP contribution in [0.15, 0.2) is 30.3 Å². The average molecular weight is 368 g/mol. The molecule has 5 heteroatoms. The monoisotopic (exact) mass is 368 g/mol. The lowest BCUT2D eigenvalue weighted by atomic mass is 9.81. The highest BCUT2D eigenvalue weighted by molar-refractivity contribution is 5.98. The third-order valence-electron chi connectivity index (χ3n) is 5.06. The molecule has 1 aliphatic carbocycles. The van der Waals surface area contributed by atoms with E-state index in [0.717, 1.165) is 53.7 Å². The minimum atomic E-state index is -0.364. The summed E-state index contributed by atoms with van der Waals surface area (Å²) in [6.45, 7) is 0. The Labute approximate surface area is 159 Å². The van der Waals surface area contributed by atoms with Crippen molar-refractivity contribution in [1.29, 1.82) is 0 Å². The number of ether oxygens (including phenoxy) is 3. The van der Waals surface area contributed by atoms with Gasteiger partial charge >= 0.3 is 11.9 Å². The number of esters is 2. The molecule has 0 N–H and O–H groups in total. The van der Waals surface area contributed by atoms with Crippen LogP contribution in [0.1, 0.15) is 55.8 Å². The second-order valence-electron chi connectivity index (χ2n) is 6.63. The first-order valence-corrected chi connectivity index (χ1v) is 9.06. The van der Waals surface area contributed by atoms with E-state index in [1.807, 2.05) is 24.3 Å². The molecular formula is C22H24O5. The van der Waals surface area contributed by atoms with E-state index in [-0.39, 0.29) is 11.9 Å². The maximum atomic E-state index is 12.6. The summed E-state index contributed by atoms with van der Waals surface area (Å²) in [7, 11) is 4.39. The molecule has 0 atom stereocenters. The Morgan fingerprint density at radius 3 is 2.30 bits per heavy atom. The van der Waals surface area contributed by atoms with Gasteiger partial charge in [0.15, 0.2) is 0 Å². The molecule has 0 aromatic heterocycles. The van der Waals surface area contributed by atoms with Crippen LogP contribution in [0.5, 0.6) is 5.75 Å². The van der Waals surface area contributed by atoms with Gasteiger partial charge in [0.1, 0.15) is 5.75 Å². The first kappa shape index (κ1) is 19.0. The van der Waals surface area contributed by atoms with Gasteiger partial charge in [0.2, 0.25) is 0 Å². The Morgan fingerprint density at radius 2 is 1.63 bits per heavy atom. The first-order chi connectivity index (χ1) is 13.1. The Bertz CT molecular complexity index is 869. The number of hydrogen-bond donors (Lipinski definition) is 0. The number of rotatable bonds is 5. The molecule has 0 radical (unpaired) electrons. The normalized spacial score (nSPS) is 12.9. The zero-order valence-corrected chi connectivity index (χ0v) is 16.0. The summed E-state index contributed by atoms with van der Waals surface area (Å²) in [5.74, 6) is 0.0252. The van der Waals surface area contributed by atoms with Crippen molar-refractivity contribution in [2.75, 3.05) is 21.3 Å². The lowest BCUT2D eigenvalue weighted by molar-refractivity contribution is 0.0583. The SMILES string of the molecule is COC(=O)c1cc(Cc2cccc(OC)c2)c(C(=O)OC)c2c1CCCC2. The molecule has 5 nitrogen and oxygen atoms in total. The molecule has 0 saturated carbocycles. The molecule has 0 heterocycles. The lowest BCUT2D eigenvalue weighted by Crippen LogP contribution is -2.19. The highest BCUT2D eigenvalue weighted by Crippen LogP contribution is 2.33. The minimum Gasteiger partial charge on any atom is -0.497 e. The number of carbonyl (C=O) groups excluding carboxylic acids is 2. The van der Waals surface area contributed by atoms with Crippen LogP contribution in [0, 0.1) is 0 Å². The van der Waals surface area contributed by atoms with Gasteiger partial charge < -0.3 is 14.2 Å². The van der Waals surface area contributed by atoms with Gasteiger partial charge in [0.25, 0.3) is 0 Å². The highest BCUT2D eigenvalue weighted by atomic mass is 16.5. The van der Waals surface area contributed by atoms with Crippen LogP contribution >= 0.6 is 0 Å². The van der Waals surface area contributed by atoms with Crippen LogP contribution in [0.25, 0.3) is 0 Å². The van der Waals surface area contributed by atoms with Gasteiger partial charge in [-0.2, -0.15) is 0 Å². The van der Waals surface area contributed by atoms with Gasteiger partial charge in [-0.3, -0.25) is 0 Å². The smallest absolute Gasteiger partial charge is 0.338 e. The molecule has 142 valence electrons. The Morgan fingerprint density at radius 1 is 0.926 bits per heavy atom. The molecule has 0 saturated heterocycles. The number of fused-ring (bicyclic) bond motifs is 1. The summed E-state index contributed by atoms with van der Waals surface area (Å²) in [6.07, 6.45) is 4.00. The summed E-state index contributed by atoms with van der Waals surface area (Å²) >= 11 is 0. The highest BCUT2D eigenvalue weighted by Gasteiger charge is 2.27. The molecule has 1 aliphatic rings. The van der Waals surface area contributed by atoms with E-state index in [2.05, 4.69) is 0 Å². The summed E-state index contributed by atoms with van der Waals surface area (Å²) in [5, 5.41) is 0. The molecule has 0 fully saturated rings. The van der Waals surface area contributed by atoms with Crippen LogP contribution in [-0.2, 0) is 28.7 Å². The van der Waals surface area contributed by atoms with E-state index in [4.69, 9.17) is 14.2 Å². The van der Waals surface area contributed by atoms with Gasteiger partial charge in [-0.15, -0.1) is 0 Å². The standard InChI is InChI=1S/C22H24O5/c1-25-16-8-6-7-14(12-16)11-15-13-19(21(23)26-2)17-9-4-5-10-18(17)20(15)22(24)27-3/h6-8,12-13H,4-5,9-11H2,1-3H3. The first-order valence-electron chi connectivity index (χ1n) is 9.06. The Hall–Kier alpha value is -2.82. The maximum absolute atomic E-state index is 12.6. The van der Waals surface area contributed by atoms with Gasteiger partial charge in [0.05, 0.1) is 32.5 Å². The van der Waals surface area contributed by atoms with Crippen molar-refractivity contribution in [2.45, 2.75) is 32.1 Å². The largest absolute Gasteiger partial charge is 0.497 e. The third kappa shape index (κ3) is 3.82. The molecule has 2 aromatic carbocycles. The van der Waals surface area contributed by atoms with E-state index in [9.17, 15) is 9.59 Å². The number of hydrogen-bond acceptors (Lipinski definition) is 5. The Kier molecular flexibility index (Phi) is 5.79. The van der Waals surface area contributed by atoms with Gasteiger partial charge in [-0.05, 0) is 72.6 Å². The summed E-state index contributed by atoms with van der Waals surface area (Å²) in [6, 6.07) is 9.48. The van der Waals surface area contributed by atoms with Gasteiger partial charge in [-0.1, -0.05) is 12.1 Å². The topological polar surface area (TPSA) is 61.8 Å². The molecule has 0 aliphatic heterocycles. The predicted molar refractivity (Wildman–Crippen MR) is 102 cm³/mol. The van der Waals surface area contributed by atoms with Crippen LogP contribution in [0.2, 0.25) is 0 Å². The van der Waals surface area contributed by atoms with E-state index in [1.165, 1.54) is 14.2 Å². The number of carbonyl (C=O) groups is 2. The van der Waals surface area contributed by atoms with Crippen molar-refractivity contribution in [1.82, 2.24) is 0 Å². The van der Waals surface area contributed by atoms with Crippen LogP contribution in [0.3, 0.4) is 0 Å². The summed E-state index contributed by atoms with van der Waals surface area (Å²) in [4.78, 5) is 25.0. The molecular weight excluding hydrogens is 344 g/mol. The predicted octanol–water partition coefficient (Wildman–Crippen LogP) is 3.74. The molecule has 27 heavy (non-hydrogen) atoms. The van der Waals surface area contributed by atoms with Crippen molar-refractivity contribution >= 4 is 11.9 Å². The average Bonchev–Trinajstić information content (AvgIpc) is 2.72. The molecule has 0 amide bonds. The maximum Gasteiger partial charge on any atom is 0.338 e. The second-order valence-corrected chi connectivity index (χ2v) is 6.63. The van der Waals surface area contributed by atoms with E-state index >= 15 is 0 Å².